The third-order valence-electron chi connectivity index (χ3n) is 6.48. The van der Waals surface area contributed by atoms with Gasteiger partial charge in [0, 0.05) is 19.1 Å². The Kier molecular flexibility index (Phi) is 6.95. The number of carbonyl (C=O) groups excluding carboxylic acids is 2. The van der Waals surface area contributed by atoms with Gasteiger partial charge >= 0.3 is 5.97 Å². The molecular weight excluding hydrogens is 414 g/mol. The molecule has 7 nitrogen and oxygen atoms in total. The first-order valence-electron chi connectivity index (χ1n) is 11.1. The first-order valence-corrected chi connectivity index (χ1v) is 12.1. The Labute approximate surface area is 186 Å². The number of ether oxygens (including phenoxy) is 1. The molecule has 2 unspecified atom stereocenters. The van der Waals surface area contributed by atoms with Crippen molar-refractivity contribution in [2.75, 3.05) is 19.4 Å². The number of fused-ring (bicyclic) bond motifs is 2. The number of aromatic nitrogens is 2. The zero-order valence-electron chi connectivity index (χ0n) is 17.9. The summed E-state index contributed by atoms with van der Waals surface area (Å²) in [5.41, 5.74) is 0.400. The van der Waals surface area contributed by atoms with Crippen molar-refractivity contribution < 1.29 is 14.3 Å². The van der Waals surface area contributed by atoms with Gasteiger partial charge < -0.3 is 9.64 Å². The zero-order valence-corrected chi connectivity index (χ0v) is 18.7. The second kappa shape index (κ2) is 9.85. The van der Waals surface area contributed by atoms with Gasteiger partial charge in [-0.15, -0.1) is 0 Å². The Morgan fingerprint density at radius 2 is 1.94 bits per heavy atom. The lowest BCUT2D eigenvalue weighted by molar-refractivity contribution is -0.141. The molecule has 2 fully saturated rings. The van der Waals surface area contributed by atoms with Crippen LogP contribution in [0, 0.1) is 5.92 Å². The highest BCUT2D eigenvalue weighted by Gasteiger charge is 2.35. The molecule has 166 valence electrons. The van der Waals surface area contributed by atoms with Crippen molar-refractivity contribution >= 4 is 34.5 Å². The first kappa shape index (κ1) is 21.9. The van der Waals surface area contributed by atoms with E-state index in [9.17, 15) is 14.4 Å². The summed E-state index contributed by atoms with van der Waals surface area (Å²) in [6.07, 6.45) is 7.15. The van der Waals surface area contributed by atoms with Crippen molar-refractivity contribution in [2.45, 2.75) is 62.7 Å². The number of para-hydroxylation sites is 1. The fourth-order valence-electron chi connectivity index (χ4n) is 4.90. The highest BCUT2D eigenvalue weighted by atomic mass is 32.2. The topological polar surface area (TPSA) is 81.5 Å². The van der Waals surface area contributed by atoms with E-state index < -0.39 is 0 Å². The Hall–Kier alpha value is -2.35. The Morgan fingerprint density at radius 3 is 2.77 bits per heavy atom. The molecule has 8 heteroatoms. The van der Waals surface area contributed by atoms with E-state index in [-0.39, 0.29) is 36.2 Å². The number of thioether (sulfide) groups is 1. The quantitative estimate of drug-likeness (QED) is 0.387. The van der Waals surface area contributed by atoms with E-state index in [0.29, 0.717) is 28.0 Å². The predicted molar refractivity (Wildman–Crippen MR) is 120 cm³/mol. The summed E-state index contributed by atoms with van der Waals surface area (Å²) in [5.74, 6) is 0.604. The van der Waals surface area contributed by atoms with Gasteiger partial charge in [-0.05, 0) is 43.7 Å². The third-order valence-corrected chi connectivity index (χ3v) is 7.44. The molecule has 2 heterocycles. The van der Waals surface area contributed by atoms with E-state index in [2.05, 4.69) is 9.88 Å². The minimum atomic E-state index is -0.385. The average molecular weight is 444 g/mol. The van der Waals surface area contributed by atoms with Gasteiger partial charge in [-0.3, -0.25) is 19.0 Å². The monoisotopic (exact) mass is 443 g/mol. The smallest absolute Gasteiger partial charge is 0.307 e. The van der Waals surface area contributed by atoms with Crippen LogP contribution >= 0.6 is 11.8 Å². The summed E-state index contributed by atoms with van der Waals surface area (Å²) in [6.45, 7) is 0.995. The lowest BCUT2D eigenvalue weighted by atomic mass is 9.78. The van der Waals surface area contributed by atoms with Gasteiger partial charge in [-0.25, -0.2) is 4.98 Å². The van der Waals surface area contributed by atoms with E-state index in [1.54, 1.807) is 18.2 Å². The van der Waals surface area contributed by atoms with Crippen LogP contribution < -0.4 is 5.56 Å². The maximum atomic E-state index is 13.1. The highest BCUT2D eigenvalue weighted by Crippen LogP contribution is 2.35. The van der Waals surface area contributed by atoms with E-state index in [4.69, 9.17) is 4.74 Å². The zero-order chi connectivity index (χ0) is 21.8. The number of benzene rings is 1. The molecule has 1 aliphatic carbocycles. The molecule has 1 aliphatic heterocycles. The van der Waals surface area contributed by atoms with Crippen LogP contribution in [0.5, 0.6) is 0 Å². The molecule has 1 aromatic heterocycles. The number of nitrogens with zero attached hydrogens (tertiary/aromatic N) is 3. The van der Waals surface area contributed by atoms with Crippen LogP contribution in [0.25, 0.3) is 10.9 Å². The van der Waals surface area contributed by atoms with Crippen molar-refractivity contribution in [1.29, 1.82) is 0 Å². The van der Waals surface area contributed by atoms with E-state index in [1.807, 2.05) is 6.07 Å². The molecule has 0 bridgehead atoms. The number of amides is 1. The van der Waals surface area contributed by atoms with E-state index >= 15 is 0 Å². The van der Waals surface area contributed by atoms with Gasteiger partial charge in [0.05, 0.1) is 30.2 Å². The molecule has 1 aromatic carbocycles. The van der Waals surface area contributed by atoms with Crippen LogP contribution in [0.2, 0.25) is 0 Å². The normalized spacial score (nSPS) is 21.0. The predicted octanol–water partition coefficient (Wildman–Crippen LogP) is 3.23. The number of hydrogen-bond acceptors (Lipinski definition) is 6. The highest BCUT2D eigenvalue weighted by molar-refractivity contribution is 7.99. The second-order valence-corrected chi connectivity index (χ2v) is 9.27. The first-order chi connectivity index (χ1) is 15.1. The van der Waals surface area contributed by atoms with Crippen molar-refractivity contribution in [3.05, 3.63) is 34.6 Å². The van der Waals surface area contributed by atoms with Gasteiger partial charge in [0.15, 0.2) is 5.16 Å². The van der Waals surface area contributed by atoms with Crippen molar-refractivity contribution in [1.82, 2.24) is 14.5 Å². The average Bonchev–Trinajstić information content (AvgIpc) is 2.81. The summed E-state index contributed by atoms with van der Waals surface area (Å²) in [6, 6.07) is 7.52. The number of hydrogen-bond donors (Lipinski definition) is 0. The van der Waals surface area contributed by atoms with E-state index in [1.165, 1.54) is 49.1 Å². The third kappa shape index (κ3) is 4.79. The maximum absolute atomic E-state index is 13.1. The molecule has 2 aromatic rings. The summed E-state index contributed by atoms with van der Waals surface area (Å²) in [4.78, 5) is 44.5. The maximum Gasteiger partial charge on any atom is 0.307 e. The lowest BCUT2D eigenvalue weighted by Crippen LogP contribution is -2.50. The van der Waals surface area contributed by atoms with Crippen LogP contribution in [-0.2, 0) is 20.9 Å². The molecule has 4 rings (SSSR count). The molecule has 2 aliphatic rings. The second-order valence-electron chi connectivity index (χ2n) is 8.32. The molecule has 2 atom stereocenters. The fraction of sp³-hybridized carbons (Fsp3) is 0.565. The van der Waals surface area contributed by atoms with Crippen molar-refractivity contribution in [2.24, 2.45) is 5.92 Å². The SMILES string of the molecule is COC(=O)CCn1c(SCC(=O)N2CCCC3CCCCC32)nc2ccccc2c1=O. The Bertz CT molecular complexity index is 1020. The van der Waals surface area contributed by atoms with Crippen molar-refractivity contribution in [3.63, 3.8) is 0 Å². The summed E-state index contributed by atoms with van der Waals surface area (Å²) >= 11 is 1.28. The molecule has 1 amide bonds. The lowest BCUT2D eigenvalue weighted by Gasteiger charge is -2.44. The number of esters is 1. The molecule has 1 saturated heterocycles. The molecule has 31 heavy (non-hydrogen) atoms. The molecule has 0 N–H and O–H groups in total. The minimum absolute atomic E-state index is 0.0772. The Morgan fingerprint density at radius 1 is 1.16 bits per heavy atom. The number of piperidine rings is 1. The van der Waals surface area contributed by atoms with Crippen LogP contribution in [0.3, 0.4) is 0 Å². The van der Waals surface area contributed by atoms with Gasteiger partial charge in [-0.2, -0.15) is 0 Å². The molecular formula is C23H29N3O4S. The standard InChI is InChI=1S/C23H29N3O4S/c1-30-21(28)12-14-26-22(29)17-9-3-4-10-18(17)24-23(26)31-15-20(27)25-13-6-8-16-7-2-5-11-19(16)25/h3-4,9-10,16,19H,2,5-8,11-15H2,1H3. The van der Waals surface area contributed by atoms with Crippen LogP contribution in [-0.4, -0.2) is 51.8 Å². The largest absolute Gasteiger partial charge is 0.469 e. The number of likely N-dealkylation sites (tertiary alicyclic amines) is 1. The van der Waals surface area contributed by atoms with E-state index in [0.717, 1.165) is 19.4 Å². The number of methoxy groups -OCH3 is 1. The van der Waals surface area contributed by atoms with Gasteiger partial charge in [0.1, 0.15) is 0 Å². The number of carbonyl (C=O) groups is 2. The molecule has 0 spiro atoms. The summed E-state index contributed by atoms with van der Waals surface area (Å²) in [7, 11) is 1.33. The minimum Gasteiger partial charge on any atom is -0.469 e. The summed E-state index contributed by atoms with van der Waals surface area (Å²) < 4.78 is 6.22. The van der Waals surface area contributed by atoms with Gasteiger partial charge in [-0.1, -0.05) is 36.7 Å². The van der Waals surface area contributed by atoms with Gasteiger partial charge in [0.25, 0.3) is 5.56 Å². The Balaban J connectivity index is 1.54. The number of rotatable bonds is 6. The van der Waals surface area contributed by atoms with Crippen LogP contribution in [0.4, 0.5) is 0 Å². The molecule has 0 radical (unpaired) electrons. The van der Waals surface area contributed by atoms with Gasteiger partial charge in [0.2, 0.25) is 5.91 Å². The van der Waals surface area contributed by atoms with Crippen molar-refractivity contribution in [3.8, 4) is 0 Å². The van der Waals surface area contributed by atoms with Crippen LogP contribution in [0.1, 0.15) is 44.9 Å². The fourth-order valence-corrected chi connectivity index (χ4v) is 5.82. The molecule has 1 saturated carbocycles. The summed E-state index contributed by atoms with van der Waals surface area (Å²) in [5, 5.41) is 0.974. The van der Waals surface area contributed by atoms with Crippen LogP contribution in [0.15, 0.2) is 34.2 Å².